The summed E-state index contributed by atoms with van der Waals surface area (Å²) in [4.78, 5) is 0. The molecule has 90 valence electrons. The van der Waals surface area contributed by atoms with Crippen LogP contribution in [0.2, 0.25) is 5.02 Å². The fraction of sp³-hybridized carbons (Fsp3) is 0.400. The van der Waals surface area contributed by atoms with Crippen molar-refractivity contribution >= 4 is 21.4 Å². The Bertz CT molecular complexity index is 476. The number of halogens is 2. The normalized spacial score (nSPS) is 13.8. The molecule has 0 bridgehead atoms. The third-order valence-electron chi connectivity index (χ3n) is 2.00. The first kappa shape index (κ1) is 13.4. The second kappa shape index (κ2) is 5.12. The average molecular weight is 266 g/mol. The van der Waals surface area contributed by atoms with Crippen molar-refractivity contribution < 1.29 is 12.8 Å². The number of nitrogens with two attached hydrogens (primary N) is 1. The van der Waals surface area contributed by atoms with Gasteiger partial charge in [-0.1, -0.05) is 17.7 Å². The Labute approximate surface area is 99.3 Å². The van der Waals surface area contributed by atoms with E-state index < -0.39 is 21.7 Å². The number of sulfone groups is 1. The van der Waals surface area contributed by atoms with E-state index in [1.54, 1.807) is 6.07 Å². The minimum Gasteiger partial charge on any atom is -0.326 e. The molecule has 1 unspecified atom stereocenters. The molecule has 0 aliphatic carbocycles. The van der Waals surface area contributed by atoms with Crippen LogP contribution in [0, 0.1) is 5.82 Å². The van der Waals surface area contributed by atoms with E-state index in [9.17, 15) is 12.8 Å². The van der Waals surface area contributed by atoms with Crippen LogP contribution < -0.4 is 5.73 Å². The quantitative estimate of drug-likeness (QED) is 0.895. The van der Waals surface area contributed by atoms with Crippen LogP contribution >= 0.6 is 11.6 Å². The maximum Gasteiger partial charge on any atom is 0.148 e. The summed E-state index contributed by atoms with van der Waals surface area (Å²) in [5, 5.41) is 0.0176. The summed E-state index contributed by atoms with van der Waals surface area (Å²) in [6.45, 7) is 0. The van der Waals surface area contributed by atoms with Gasteiger partial charge in [-0.2, -0.15) is 0 Å². The molecule has 0 fully saturated rings. The first-order valence-electron chi connectivity index (χ1n) is 4.65. The van der Waals surface area contributed by atoms with Crippen molar-refractivity contribution in [1.29, 1.82) is 0 Å². The predicted molar refractivity (Wildman–Crippen MR) is 62.8 cm³/mol. The van der Waals surface area contributed by atoms with Gasteiger partial charge >= 0.3 is 0 Å². The third kappa shape index (κ3) is 4.47. The standard InChI is InChI=1S/C10H13ClFNO2S/c1-16(14,15)6-8(13)4-7-2-3-10(12)9(11)5-7/h2-3,5,8H,4,6,13H2,1H3. The van der Waals surface area contributed by atoms with Gasteiger partial charge in [0.1, 0.15) is 15.7 Å². The smallest absolute Gasteiger partial charge is 0.148 e. The van der Waals surface area contributed by atoms with Crippen molar-refractivity contribution in [3.8, 4) is 0 Å². The van der Waals surface area contributed by atoms with Crippen LogP contribution in [-0.4, -0.2) is 26.5 Å². The number of benzene rings is 1. The molecular formula is C10H13ClFNO2S. The second-order valence-corrected chi connectivity index (χ2v) is 6.40. The molecule has 0 heterocycles. The maximum absolute atomic E-state index is 12.8. The van der Waals surface area contributed by atoms with Crippen LogP contribution in [0.25, 0.3) is 0 Å². The molecule has 1 aromatic carbocycles. The van der Waals surface area contributed by atoms with E-state index in [0.29, 0.717) is 6.42 Å². The average Bonchev–Trinajstić information content (AvgIpc) is 2.08. The first-order valence-corrected chi connectivity index (χ1v) is 7.09. The van der Waals surface area contributed by atoms with Gasteiger partial charge in [-0.05, 0) is 24.1 Å². The van der Waals surface area contributed by atoms with Gasteiger partial charge in [-0.15, -0.1) is 0 Å². The molecule has 0 radical (unpaired) electrons. The van der Waals surface area contributed by atoms with Crippen LogP contribution in [0.4, 0.5) is 4.39 Å². The van der Waals surface area contributed by atoms with Crippen molar-refractivity contribution in [3.05, 3.63) is 34.6 Å². The molecule has 0 aliphatic rings. The van der Waals surface area contributed by atoms with E-state index in [1.165, 1.54) is 12.1 Å². The van der Waals surface area contributed by atoms with Crippen LogP contribution in [-0.2, 0) is 16.3 Å². The monoisotopic (exact) mass is 265 g/mol. The summed E-state index contributed by atoms with van der Waals surface area (Å²) in [6.07, 6.45) is 1.48. The topological polar surface area (TPSA) is 60.2 Å². The Balaban J connectivity index is 2.70. The van der Waals surface area contributed by atoms with E-state index in [1.807, 2.05) is 0 Å². The summed E-state index contributed by atoms with van der Waals surface area (Å²) in [7, 11) is -3.09. The highest BCUT2D eigenvalue weighted by molar-refractivity contribution is 7.90. The lowest BCUT2D eigenvalue weighted by atomic mass is 10.1. The SMILES string of the molecule is CS(=O)(=O)CC(N)Cc1ccc(F)c(Cl)c1. The zero-order valence-electron chi connectivity index (χ0n) is 8.78. The van der Waals surface area contributed by atoms with Crippen molar-refractivity contribution in [2.45, 2.75) is 12.5 Å². The fourth-order valence-corrected chi connectivity index (χ4v) is 2.52. The Hall–Kier alpha value is -0.650. The summed E-state index contributed by atoms with van der Waals surface area (Å²) in [6, 6.07) is 3.74. The van der Waals surface area contributed by atoms with E-state index >= 15 is 0 Å². The second-order valence-electron chi connectivity index (χ2n) is 3.81. The van der Waals surface area contributed by atoms with Gasteiger partial charge in [0.05, 0.1) is 10.8 Å². The summed E-state index contributed by atoms with van der Waals surface area (Å²) < 4.78 is 34.8. The minimum atomic E-state index is -3.09. The molecule has 2 N–H and O–H groups in total. The first-order chi connectivity index (χ1) is 7.28. The Morgan fingerprint density at radius 1 is 1.50 bits per heavy atom. The zero-order valence-corrected chi connectivity index (χ0v) is 10.4. The third-order valence-corrected chi connectivity index (χ3v) is 3.32. The molecule has 1 atom stereocenters. The van der Waals surface area contributed by atoms with Gasteiger partial charge in [0.25, 0.3) is 0 Å². The van der Waals surface area contributed by atoms with Crippen LogP contribution in [0.3, 0.4) is 0 Å². The largest absolute Gasteiger partial charge is 0.326 e. The van der Waals surface area contributed by atoms with Gasteiger partial charge < -0.3 is 5.73 Å². The fourth-order valence-electron chi connectivity index (χ4n) is 1.42. The molecule has 0 saturated heterocycles. The van der Waals surface area contributed by atoms with Crippen LogP contribution in [0.1, 0.15) is 5.56 Å². The summed E-state index contributed by atoms with van der Waals surface area (Å²) in [5.41, 5.74) is 6.39. The minimum absolute atomic E-state index is 0.0176. The Kier molecular flexibility index (Phi) is 4.29. The molecule has 1 aromatic rings. The lowest BCUT2D eigenvalue weighted by molar-refractivity contribution is 0.591. The van der Waals surface area contributed by atoms with Gasteiger partial charge in [-0.3, -0.25) is 0 Å². The van der Waals surface area contributed by atoms with E-state index in [0.717, 1.165) is 11.8 Å². The van der Waals surface area contributed by atoms with Crippen molar-refractivity contribution in [2.24, 2.45) is 5.73 Å². The highest BCUT2D eigenvalue weighted by Gasteiger charge is 2.12. The van der Waals surface area contributed by atoms with Crippen LogP contribution in [0.15, 0.2) is 18.2 Å². The molecule has 1 rings (SSSR count). The van der Waals surface area contributed by atoms with Crippen molar-refractivity contribution in [3.63, 3.8) is 0 Å². The van der Waals surface area contributed by atoms with Gasteiger partial charge in [0.2, 0.25) is 0 Å². The molecule has 0 amide bonds. The van der Waals surface area contributed by atoms with E-state index in [-0.39, 0.29) is 10.8 Å². The van der Waals surface area contributed by atoms with Crippen molar-refractivity contribution in [1.82, 2.24) is 0 Å². The molecular weight excluding hydrogens is 253 g/mol. The lowest BCUT2D eigenvalue weighted by Gasteiger charge is -2.10. The molecule has 3 nitrogen and oxygen atoms in total. The molecule has 0 aromatic heterocycles. The van der Waals surface area contributed by atoms with Gasteiger partial charge in [-0.25, -0.2) is 12.8 Å². The highest BCUT2D eigenvalue weighted by Crippen LogP contribution is 2.16. The lowest BCUT2D eigenvalue weighted by Crippen LogP contribution is -2.31. The molecule has 0 spiro atoms. The van der Waals surface area contributed by atoms with Crippen molar-refractivity contribution in [2.75, 3.05) is 12.0 Å². The Morgan fingerprint density at radius 3 is 2.62 bits per heavy atom. The number of hydrogen-bond acceptors (Lipinski definition) is 3. The van der Waals surface area contributed by atoms with E-state index in [4.69, 9.17) is 17.3 Å². The maximum atomic E-state index is 12.8. The summed E-state index contributed by atoms with van der Waals surface area (Å²) in [5.74, 6) is -0.593. The predicted octanol–water partition coefficient (Wildman–Crippen LogP) is 1.39. The summed E-state index contributed by atoms with van der Waals surface area (Å²) >= 11 is 5.60. The van der Waals surface area contributed by atoms with Gasteiger partial charge in [0.15, 0.2) is 0 Å². The highest BCUT2D eigenvalue weighted by atomic mass is 35.5. The molecule has 6 heteroatoms. The van der Waals surface area contributed by atoms with Crippen LogP contribution in [0.5, 0.6) is 0 Å². The van der Waals surface area contributed by atoms with Gasteiger partial charge in [0, 0.05) is 12.3 Å². The molecule has 0 saturated carbocycles. The Morgan fingerprint density at radius 2 is 2.12 bits per heavy atom. The molecule has 16 heavy (non-hydrogen) atoms. The van der Waals surface area contributed by atoms with E-state index in [2.05, 4.69) is 0 Å². The molecule has 0 aliphatic heterocycles. The number of hydrogen-bond donors (Lipinski definition) is 1. The number of rotatable bonds is 4. The zero-order chi connectivity index (χ0) is 12.3.